The van der Waals surface area contributed by atoms with Gasteiger partial charge in [0, 0.05) is 28.6 Å². The smallest absolute Gasteiger partial charge is 0.0443 e. The van der Waals surface area contributed by atoms with Crippen LogP contribution in [0, 0.1) is 6.92 Å². The maximum absolute atomic E-state index is 3.83. The summed E-state index contributed by atoms with van der Waals surface area (Å²) in [6.07, 6.45) is 0. The second kappa shape index (κ2) is 9.62. The molecule has 94 valence electrons. The Bertz CT molecular complexity index is 306. The summed E-state index contributed by atoms with van der Waals surface area (Å²) in [5, 5.41) is 0. The van der Waals surface area contributed by atoms with Gasteiger partial charge in [0.1, 0.15) is 0 Å². The number of rotatable bonds is 9. The molecule has 0 fully saturated rings. The highest BCUT2D eigenvalue weighted by molar-refractivity contribution is 6.47. The fraction of sp³-hybridized carbons (Fsp3) is 0.429. The van der Waals surface area contributed by atoms with Crippen molar-refractivity contribution >= 4 is 28.6 Å². The number of aryl methyl sites for hydroxylation is 1. The molecule has 0 aliphatic rings. The Hall–Kier alpha value is -0.389. The molecule has 3 heteroatoms. The average Bonchev–Trinajstić information content (AvgIpc) is 2.35. The zero-order chi connectivity index (χ0) is 12.3. The highest BCUT2D eigenvalue weighted by Crippen LogP contribution is 2.05. The molecule has 0 aliphatic heterocycles. The van der Waals surface area contributed by atoms with Crippen molar-refractivity contribution in [3.8, 4) is 0 Å². The summed E-state index contributed by atoms with van der Waals surface area (Å²) in [7, 11) is 0.640. The Balaban J connectivity index is 1.97. The van der Waals surface area contributed by atoms with E-state index >= 15 is 0 Å². The van der Waals surface area contributed by atoms with Gasteiger partial charge in [-0.3, -0.25) is 0 Å². The zero-order valence-electron chi connectivity index (χ0n) is 11.3. The lowest BCUT2D eigenvalue weighted by molar-refractivity contribution is 1.28. The lowest BCUT2D eigenvalue weighted by Crippen LogP contribution is -1.99. The normalized spacial score (nSPS) is 12.5. The summed E-state index contributed by atoms with van der Waals surface area (Å²) in [6, 6.07) is 16.9. The molecule has 0 saturated carbocycles. The van der Waals surface area contributed by atoms with Gasteiger partial charge in [0.2, 0.25) is 0 Å². The molecule has 0 heterocycles. The summed E-state index contributed by atoms with van der Waals surface area (Å²) < 4.78 is 0. The third-order valence-corrected chi connectivity index (χ3v) is 10.5. The molecule has 0 nitrogen and oxygen atoms in total. The van der Waals surface area contributed by atoms with E-state index in [0.717, 1.165) is 0 Å². The third-order valence-electron chi connectivity index (χ3n) is 3.24. The van der Waals surface area contributed by atoms with E-state index in [1.165, 1.54) is 17.7 Å². The van der Waals surface area contributed by atoms with Crippen LogP contribution in [0.4, 0.5) is 0 Å². The minimum absolute atomic E-state index is 0.146. The fourth-order valence-electron chi connectivity index (χ4n) is 2.08. The highest BCUT2D eigenvalue weighted by atomic mass is 28.2. The third kappa shape index (κ3) is 7.52. The topological polar surface area (TPSA) is 0 Å². The Labute approximate surface area is 113 Å². The second-order valence-electron chi connectivity index (χ2n) is 4.93. The van der Waals surface area contributed by atoms with Crippen LogP contribution in [-0.4, -0.2) is 28.6 Å². The molecule has 1 aromatic carbocycles. The van der Waals surface area contributed by atoms with Gasteiger partial charge in [-0.25, -0.2) is 0 Å². The van der Waals surface area contributed by atoms with E-state index in [4.69, 9.17) is 0 Å². The second-order valence-corrected chi connectivity index (χ2v) is 10.8. The van der Waals surface area contributed by atoms with Crippen molar-refractivity contribution in [2.45, 2.75) is 37.1 Å². The first kappa shape index (κ1) is 14.7. The summed E-state index contributed by atoms with van der Waals surface area (Å²) in [4.78, 5) is 0. The number of hydrogen-bond donors (Lipinski definition) is 0. The zero-order valence-corrected chi connectivity index (χ0v) is 15.5. The molecule has 1 rings (SSSR count). The molecule has 17 heavy (non-hydrogen) atoms. The molecule has 0 saturated heterocycles. The molecular formula is C14H26Si3. The highest BCUT2D eigenvalue weighted by Gasteiger charge is 1.95. The predicted molar refractivity (Wildman–Crippen MR) is 89.9 cm³/mol. The van der Waals surface area contributed by atoms with Gasteiger partial charge in [-0.2, -0.15) is 0 Å². The molecule has 0 bridgehead atoms. The van der Waals surface area contributed by atoms with E-state index in [1.807, 2.05) is 0 Å². The molecule has 0 amide bonds. The Kier molecular flexibility index (Phi) is 8.30. The average molecular weight is 279 g/mol. The van der Waals surface area contributed by atoms with Crippen LogP contribution >= 0.6 is 0 Å². The molecule has 0 aromatic heterocycles. The monoisotopic (exact) mass is 278 g/mol. The van der Waals surface area contributed by atoms with Crippen molar-refractivity contribution in [1.82, 2.24) is 0 Å². The summed E-state index contributed by atoms with van der Waals surface area (Å²) in [5.41, 5.74) is 5.15. The van der Waals surface area contributed by atoms with Gasteiger partial charge in [0.15, 0.2) is 0 Å². The first-order valence-corrected chi connectivity index (χ1v) is 12.8. The van der Waals surface area contributed by atoms with Crippen LogP contribution in [0.25, 0.3) is 0 Å². The minimum Gasteiger partial charge on any atom is -0.109 e. The van der Waals surface area contributed by atoms with Crippen LogP contribution in [0.2, 0.25) is 24.2 Å². The molecule has 0 spiro atoms. The summed E-state index contributed by atoms with van der Waals surface area (Å²) in [5.74, 6) is 0. The fourth-order valence-corrected chi connectivity index (χ4v) is 9.11. The predicted octanol–water partition coefficient (Wildman–Crippen LogP) is 1.82. The molecule has 0 atom stereocenters. The molecule has 0 radical (unpaired) electrons. The maximum Gasteiger partial charge on any atom is 0.0443 e. The van der Waals surface area contributed by atoms with Crippen molar-refractivity contribution in [3.63, 3.8) is 0 Å². The van der Waals surface area contributed by atoms with Gasteiger partial charge in [-0.1, -0.05) is 59.6 Å². The largest absolute Gasteiger partial charge is 0.109 e. The lowest BCUT2D eigenvalue weighted by atomic mass is 10.2. The molecule has 0 aliphatic carbocycles. The standard InChI is InChI=1S/C14H26Si3/c1-3-15-8-9-16-10-11-17-12-14-6-4-13(2)5-7-14/h3-7H,1,8-12,15-17H2,2H3. The van der Waals surface area contributed by atoms with Crippen molar-refractivity contribution in [3.05, 3.63) is 47.7 Å². The van der Waals surface area contributed by atoms with Gasteiger partial charge in [-0.15, -0.1) is 12.3 Å². The van der Waals surface area contributed by atoms with Crippen molar-refractivity contribution in [2.75, 3.05) is 0 Å². The summed E-state index contributed by atoms with van der Waals surface area (Å²) >= 11 is 0. The van der Waals surface area contributed by atoms with Crippen molar-refractivity contribution in [1.29, 1.82) is 0 Å². The van der Waals surface area contributed by atoms with Crippen LogP contribution in [0.1, 0.15) is 11.1 Å². The van der Waals surface area contributed by atoms with E-state index in [0.29, 0.717) is 9.52 Å². The Morgan fingerprint density at radius 3 is 2.35 bits per heavy atom. The Morgan fingerprint density at radius 2 is 1.65 bits per heavy atom. The van der Waals surface area contributed by atoms with Crippen molar-refractivity contribution in [2.24, 2.45) is 0 Å². The van der Waals surface area contributed by atoms with Gasteiger partial charge < -0.3 is 0 Å². The SMILES string of the molecule is C=C[SiH2]CC[SiH2]CC[SiH2]Cc1ccc(C)cc1. The van der Waals surface area contributed by atoms with Crippen LogP contribution in [0.15, 0.2) is 36.5 Å². The van der Waals surface area contributed by atoms with E-state index in [2.05, 4.69) is 43.5 Å². The van der Waals surface area contributed by atoms with Gasteiger partial charge >= 0.3 is 0 Å². The first-order valence-electron chi connectivity index (χ1n) is 6.99. The molecule has 1 aromatic rings. The van der Waals surface area contributed by atoms with Gasteiger partial charge in [0.25, 0.3) is 0 Å². The lowest BCUT2D eigenvalue weighted by Gasteiger charge is -2.01. The number of benzene rings is 1. The van der Waals surface area contributed by atoms with E-state index in [9.17, 15) is 0 Å². The van der Waals surface area contributed by atoms with Crippen LogP contribution in [0.5, 0.6) is 0 Å². The van der Waals surface area contributed by atoms with Gasteiger partial charge in [-0.05, 0) is 13.0 Å². The van der Waals surface area contributed by atoms with E-state index in [-0.39, 0.29) is 19.0 Å². The Morgan fingerprint density at radius 1 is 1.00 bits per heavy atom. The van der Waals surface area contributed by atoms with Crippen LogP contribution in [0.3, 0.4) is 0 Å². The number of hydrogen-bond acceptors (Lipinski definition) is 0. The molecular weight excluding hydrogens is 252 g/mol. The molecule has 0 N–H and O–H groups in total. The molecule has 0 unspecified atom stereocenters. The summed E-state index contributed by atoms with van der Waals surface area (Å²) in [6.45, 7) is 6.00. The van der Waals surface area contributed by atoms with Crippen LogP contribution in [-0.2, 0) is 6.04 Å². The first-order chi connectivity index (χ1) is 8.33. The van der Waals surface area contributed by atoms with Crippen molar-refractivity contribution < 1.29 is 0 Å². The van der Waals surface area contributed by atoms with Crippen LogP contribution < -0.4 is 0 Å². The minimum atomic E-state index is 0.146. The van der Waals surface area contributed by atoms with E-state index < -0.39 is 0 Å². The quantitative estimate of drug-likeness (QED) is 0.477. The maximum atomic E-state index is 3.83. The van der Waals surface area contributed by atoms with E-state index in [1.54, 1.807) is 23.7 Å². The van der Waals surface area contributed by atoms with Gasteiger partial charge in [0.05, 0.1) is 0 Å².